The van der Waals surface area contributed by atoms with Crippen LogP contribution in [0, 0.1) is 0 Å². The molecule has 0 saturated heterocycles. The van der Waals surface area contributed by atoms with Crippen LogP contribution >= 0.6 is 0 Å². The van der Waals surface area contributed by atoms with Crippen molar-refractivity contribution < 1.29 is 4.74 Å². The summed E-state index contributed by atoms with van der Waals surface area (Å²) in [5, 5.41) is 0. The molecule has 88 valence electrons. The van der Waals surface area contributed by atoms with E-state index in [1.807, 2.05) is 18.2 Å². The lowest BCUT2D eigenvalue weighted by molar-refractivity contribution is 0.189. The second kappa shape index (κ2) is 4.64. The normalized spacial score (nSPS) is 19.1. The number of nitrogens with two attached hydrogens (primary N) is 1. The van der Waals surface area contributed by atoms with Crippen molar-refractivity contribution >= 4 is 11.4 Å². The first-order valence-electron chi connectivity index (χ1n) is 6.05. The maximum atomic E-state index is 5.92. The van der Waals surface area contributed by atoms with Gasteiger partial charge in [0.05, 0.1) is 12.2 Å². The third-order valence-electron chi connectivity index (χ3n) is 2.99. The molecule has 16 heavy (non-hydrogen) atoms. The Morgan fingerprint density at radius 1 is 1.44 bits per heavy atom. The van der Waals surface area contributed by atoms with Gasteiger partial charge in [-0.3, -0.25) is 0 Å². The van der Waals surface area contributed by atoms with Gasteiger partial charge in [-0.05, 0) is 31.0 Å². The first kappa shape index (κ1) is 11.1. The number of rotatable bonds is 3. The highest BCUT2D eigenvalue weighted by Gasteiger charge is 2.23. The molecule has 1 aromatic rings. The molecule has 2 rings (SSSR count). The van der Waals surface area contributed by atoms with Crippen molar-refractivity contribution in [2.75, 3.05) is 23.7 Å². The highest BCUT2D eigenvalue weighted by molar-refractivity contribution is 5.66. The Labute approximate surface area is 97.2 Å². The zero-order valence-corrected chi connectivity index (χ0v) is 10.1. The van der Waals surface area contributed by atoms with Gasteiger partial charge in [0, 0.05) is 12.2 Å². The Morgan fingerprint density at radius 2 is 2.25 bits per heavy atom. The highest BCUT2D eigenvalue weighted by Crippen LogP contribution is 2.35. The number of nitrogen functional groups attached to an aromatic ring is 1. The molecular weight excluding hydrogens is 200 g/mol. The van der Waals surface area contributed by atoms with Crippen LogP contribution in [0.1, 0.15) is 26.7 Å². The van der Waals surface area contributed by atoms with Crippen LogP contribution in [0.15, 0.2) is 18.2 Å². The molecule has 0 saturated carbocycles. The topological polar surface area (TPSA) is 38.5 Å². The van der Waals surface area contributed by atoms with Gasteiger partial charge in [0.2, 0.25) is 0 Å². The smallest absolute Gasteiger partial charge is 0.143 e. The summed E-state index contributed by atoms with van der Waals surface area (Å²) < 4.78 is 5.92. The summed E-state index contributed by atoms with van der Waals surface area (Å²) in [7, 11) is 0. The molecule has 0 bridgehead atoms. The summed E-state index contributed by atoms with van der Waals surface area (Å²) >= 11 is 0. The van der Waals surface area contributed by atoms with Crippen molar-refractivity contribution in [1.29, 1.82) is 0 Å². The summed E-state index contributed by atoms with van der Waals surface area (Å²) in [6.45, 7) is 6.40. The molecule has 1 aliphatic heterocycles. The highest BCUT2D eigenvalue weighted by atomic mass is 16.5. The largest absolute Gasteiger partial charge is 0.486 e. The van der Waals surface area contributed by atoms with Crippen LogP contribution in [-0.2, 0) is 0 Å². The van der Waals surface area contributed by atoms with Crippen LogP contribution in [0.5, 0.6) is 5.75 Å². The quantitative estimate of drug-likeness (QED) is 0.796. The molecule has 1 heterocycles. The van der Waals surface area contributed by atoms with Crippen LogP contribution in [0.25, 0.3) is 0 Å². The van der Waals surface area contributed by atoms with Crippen molar-refractivity contribution in [2.45, 2.75) is 32.8 Å². The monoisotopic (exact) mass is 220 g/mol. The van der Waals surface area contributed by atoms with E-state index in [1.165, 1.54) is 0 Å². The van der Waals surface area contributed by atoms with Crippen LogP contribution in [0.3, 0.4) is 0 Å². The van der Waals surface area contributed by atoms with Gasteiger partial charge in [-0.1, -0.05) is 13.8 Å². The standard InChI is InChI=1S/C13H20N2O/c1-3-7-15-9-11(4-2)16-13-6-5-10(14)8-12(13)15/h5-6,8,11H,3-4,7,9,14H2,1-2H3. The van der Waals surface area contributed by atoms with E-state index >= 15 is 0 Å². The van der Waals surface area contributed by atoms with Crippen LogP contribution in [0.2, 0.25) is 0 Å². The minimum Gasteiger partial charge on any atom is -0.486 e. The average Bonchev–Trinajstić information content (AvgIpc) is 2.30. The van der Waals surface area contributed by atoms with Crippen LogP contribution < -0.4 is 15.4 Å². The Balaban J connectivity index is 2.31. The van der Waals surface area contributed by atoms with Gasteiger partial charge in [0.1, 0.15) is 11.9 Å². The predicted molar refractivity (Wildman–Crippen MR) is 68.1 cm³/mol. The first-order valence-corrected chi connectivity index (χ1v) is 6.05. The number of hydrogen-bond acceptors (Lipinski definition) is 3. The first-order chi connectivity index (χ1) is 7.74. The molecule has 0 fully saturated rings. The molecule has 0 aliphatic carbocycles. The van der Waals surface area contributed by atoms with E-state index in [2.05, 4.69) is 18.7 Å². The number of nitrogens with zero attached hydrogens (tertiary/aromatic N) is 1. The zero-order chi connectivity index (χ0) is 11.5. The molecular formula is C13H20N2O. The van der Waals surface area contributed by atoms with E-state index in [1.54, 1.807) is 0 Å². The fourth-order valence-electron chi connectivity index (χ4n) is 2.14. The van der Waals surface area contributed by atoms with Gasteiger partial charge >= 0.3 is 0 Å². The molecule has 0 radical (unpaired) electrons. The maximum Gasteiger partial charge on any atom is 0.143 e. The SMILES string of the molecule is CCCN1CC(CC)Oc2ccc(N)cc21. The Morgan fingerprint density at radius 3 is 2.94 bits per heavy atom. The molecule has 1 aliphatic rings. The second-order valence-electron chi connectivity index (χ2n) is 4.32. The molecule has 3 nitrogen and oxygen atoms in total. The van der Waals surface area contributed by atoms with Crippen LogP contribution in [-0.4, -0.2) is 19.2 Å². The van der Waals surface area contributed by atoms with Gasteiger partial charge in [-0.2, -0.15) is 0 Å². The lowest BCUT2D eigenvalue weighted by Crippen LogP contribution is -2.40. The number of anilines is 2. The molecule has 1 atom stereocenters. The van der Waals surface area contributed by atoms with E-state index in [0.29, 0.717) is 6.10 Å². The molecule has 0 aromatic heterocycles. The van der Waals surface area contributed by atoms with E-state index in [-0.39, 0.29) is 0 Å². The Bertz CT molecular complexity index is 365. The molecule has 0 amide bonds. The third kappa shape index (κ3) is 2.08. The predicted octanol–water partition coefficient (Wildman–Crippen LogP) is 2.66. The van der Waals surface area contributed by atoms with E-state index in [4.69, 9.17) is 10.5 Å². The minimum absolute atomic E-state index is 0.308. The van der Waals surface area contributed by atoms with Crippen molar-refractivity contribution in [3.8, 4) is 5.75 Å². The number of benzene rings is 1. The van der Waals surface area contributed by atoms with Gasteiger partial charge in [0.25, 0.3) is 0 Å². The number of fused-ring (bicyclic) bond motifs is 1. The van der Waals surface area contributed by atoms with Crippen molar-refractivity contribution in [3.05, 3.63) is 18.2 Å². The summed E-state index contributed by atoms with van der Waals surface area (Å²) in [5.41, 5.74) is 7.77. The molecule has 1 unspecified atom stereocenters. The lowest BCUT2D eigenvalue weighted by Gasteiger charge is -2.36. The lowest BCUT2D eigenvalue weighted by atomic mass is 10.1. The zero-order valence-electron chi connectivity index (χ0n) is 10.1. The molecule has 1 aromatic carbocycles. The maximum absolute atomic E-state index is 5.92. The van der Waals surface area contributed by atoms with Gasteiger partial charge in [-0.25, -0.2) is 0 Å². The third-order valence-corrected chi connectivity index (χ3v) is 2.99. The summed E-state index contributed by atoms with van der Waals surface area (Å²) in [6, 6.07) is 5.90. The van der Waals surface area contributed by atoms with Gasteiger partial charge in [-0.15, -0.1) is 0 Å². The van der Waals surface area contributed by atoms with Crippen molar-refractivity contribution in [2.24, 2.45) is 0 Å². The van der Waals surface area contributed by atoms with E-state index in [0.717, 1.165) is 43.1 Å². The van der Waals surface area contributed by atoms with Crippen LogP contribution in [0.4, 0.5) is 11.4 Å². The number of hydrogen-bond donors (Lipinski definition) is 1. The Kier molecular flexibility index (Phi) is 3.22. The van der Waals surface area contributed by atoms with E-state index in [9.17, 15) is 0 Å². The van der Waals surface area contributed by atoms with Gasteiger partial charge in [0.15, 0.2) is 0 Å². The minimum atomic E-state index is 0.308. The number of ether oxygens (including phenoxy) is 1. The summed E-state index contributed by atoms with van der Waals surface area (Å²) in [5.74, 6) is 0.973. The Hall–Kier alpha value is -1.38. The van der Waals surface area contributed by atoms with E-state index < -0.39 is 0 Å². The van der Waals surface area contributed by atoms with Crippen molar-refractivity contribution in [3.63, 3.8) is 0 Å². The second-order valence-corrected chi connectivity index (χ2v) is 4.32. The molecule has 0 spiro atoms. The fraction of sp³-hybridized carbons (Fsp3) is 0.538. The molecule has 2 N–H and O–H groups in total. The van der Waals surface area contributed by atoms with Gasteiger partial charge < -0.3 is 15.4 Å². The fourth-order valence-corrected chi connectivity index (χ4v) is 2.14. The van der Waals surface area contributed by atoms with Crippen molar-refractivity contribution in [1.82, 2.24) is 0 Å². The average molecular weight is 220 g/mol. The molecule has 3 heteroatoms. The summed E-state index contributed by atoms with van der Waals surface area (Å²) in [4.78, 5) is 2.38. The summed E-state index contributed by atoms with van der Waals surface area (Å²) in [6.07, 6.45) is 2.50.